The average molecular weight is 1000 g/mol. The van der Waals surface area contributed by atoms with E-state index in [2.05, 4.69) is 0 Å². The fourth-order valence-electron chi connectivity index (χ4n) is 9.15. The number of ether oxygens (including phenoxy) is 2. The van der Waals surface area contributed by atoms with Crippen molar-refractivity contribution in [3.63, 3.8) is 0 Å². The molecule has 18 nitrogen and oxygen atoms in total. The largest absolute Gasteiger partial charge is 0.754 e. The van der Waals surface area contributed by atoms with Gasteiger partial charge in [0, 0.05) is 81.7 Å². The molecule has 5 heterocycles. The van der Waals surface area contributed by atoms with Crippen LogP contribution in [0.5, 0.6) is 0 Å². The van der Waals surface area contributed by atoms with Crippen molar-refractivity contribution in [1.82, 2.24) is 34.5 Å². The highest BCUT2D eigenvalue weighted by atomic mass is 16.5. The van der Waals surface area contributed by atoms with E-state index in [0.29, 0.717) is 9.82 Å². The van der Waals surface area contributed by atoms with E-state index < -0.39 is 74.8 Å². The van der Waals surface area contributed by atoms with Crippen molar-refractivity contribution < 1.29 is 43.0 Å². The van der Waals surface area contributed by atoms with Crippen LogP contribution >= 0.6 is 0 Å². The molecule has 0 radical (unpaired) electrons. The Bertz CT molecular complexity index is 2780. The molecule has 0 N–H and O–H groups in total. The predicted molar refractivity (Wildman–Crippen MR) is 273 cm³/mol. The van der Waals surface area contributed by atoms with Crippen molar-refractivity contribution in [2.45, 2.75) is 26.2 Å². The van der Waals surface area contributed by atoms with E-state index in [1.807, 2.05) is 121 Å². The van der Waals surface area contributed by atoms with Gasteiger partial charge in [0.25, 0.3) is 11.4 Å². The first-order valence-electron chi connectivity index (χ1n) is 24.3. The Morgan fingerprint density at radius 2 is 0.811 bits per heavy atom. The maximum Gasteiger partial charge on any atom is 0.338 e. The number of carbonyl (C=O) groups excluding carboxylic acids is 6. The van der Waals surface area contributed by atoms with Gasteiger partial charge in [0.2, 0.25) is 23.6 Å². The van der Waals surface area contributed by atoms with Gasteiger partial charge in [0.15, 0.2) is 0 Å². The van der Waals surface area contributed by atoms with Crippen LogP contribution in [0, 0.1) is 10.1 Å². The van der Waals surface area contributed by atoms with E-state index in [-0.39, 0.29) is 86.3 Å². The van der Waals surface area contributed by atoms with E-state index in [1.165, 1.54) is 22.0 Å². The molecule has 0 saturated carbocycles. The van der Waals surface area contributed by atoms with Crippen LogP contribution in [0.1, 0.15) is 22.3 Å². The summed E-state index contributed by atoms with van der Waals surface area (Å²) in [5.74, 6) is -3.43. The summed E-state index contributed by atoms with van der Waals surface area (Å²) in [7, 11) is 2.31. The summed E-state index contributed by atoms with van der Waals surface area (Å²) in [6.07, 6.45) is 4.88. The second-order valence-corrected chi connectivity index (χ2v) is 18.3. The monoisotopic (exact) mass is 1000 g/mol. The smallest absolute Gasteiger partial charge is 0.338 e. The third-order valence-electron chi connectivity index (χ3n) is 13.1. The zero-order valence-electron chi connectivity index (χ0n) is 41.4. The number of allylic oxidation sites excluding steroid dienone is 2. The van der Waals surface area contributed by atoms with E-state index in [4.69, 9.17) is 9.47 Å². The maximum atomic E-state index is 15.1. The molecule has 74 heavy (non-hydrogen) atoms. The summed E-state index contributed by atoms with van der Waals surface area (Å²) < 4.78 is 10.6. The summed E-state index contributed by atoms with van der Waals surface area (Å²) in [5, 5.41) is 15.3. The van der Waals surface area contributed by atoms with Crippen LogP contribution in [0.15, 0.2) is 180 Å². The topological polar surface area (TPSA) is 187 Å². The van der Waals surface area contributed by atoms with Gasteiger partial charge in [-0.2, -0.15) is 0 Å². The van der Waals surface area contributed by atoms with Gasteiger partial charge < -0.3 is 39.3 Å². The van der Waals surface area contributed by atoms with Gasteiger partial charge in [-0.15, -0.1) is 0 Å². The van der Waals surface area contributed by atoms with Crippen molar-refractivity contribution >= 4 is 35.6 Å². The molecule has 4 aromatic rings. The first kappa shape index (κ1) is 52.0. The molecular weight excluding hydrogens is 945 g/mol. The first-order chi connectivity index (χ1) is 35.8. The molecule has 0 atom stereocenters. The van der Waals surface area contributed by atoms with Crippen molar-refractivity contribution in [2.75, 3.05) is 79.7 Å². The van der Waals surface area contributed by atoms with Crippen molar-refractivity contribution in [1.29, 1.82) is 0 Å². The van der Waals surface area contributed by atoms with Crippen LogP contribution in [0.3, 0.4) is 0 Å². The molecule has 0 unspecified atom stereocenters. The Labute approximate surface area is 429 Å². The molecule has 4 amide bonds. The highest BCUT2D eigenvalue weighted by Crippen LogP contribution is 2.32. The molecule has 382 valence electrons. The lowest BCUT2D eigenvalue weighted by Gasteiger charge is -2.39. The third-order valence-corrected chi connectivity index (χ3v) is 13.1. The van der Waals surface area contributed by atoms with Crippen LogP contribution in [-0.4, -0.2) is 154 Å². The Morgan fingerprint density at radius 1 is 0.473 bits per heavy atom. The number of methoxy groups -OCH3 is 2. The SMILES string of the molecule is COC(=O)C1=CC2=C3C=C(C(=O)OC)C=C(CN4CC(=O)N(Cc5ccccc5)CCN(Cc5ccccc5)C(=O)CN(CC(=O)N(Cc5ccccc5)CCN(Cc5ccccc5)C(=O)C4)CC(=C1)N2[O-])[N+]3=O. The lowest BCUT2D eigenvalue weighted by molar-refractivity contribution is -0.446. The Kier molecular flexibility index (Phi) is 17.2. The predicted octanol–water partition coefficient (Wildman–Crippen LogP) is 4.52. The quantitative estimate of drug-likeness (QED) is 0.160. The minimum Gasteiger partial charge on any atom is -0.754 e. The number of nitrogens with zero attached hydrogens (tertiary/aromatic N) is 8. The summed E-state index contributed by atoms with van der Waals surface area (Å²) in [4.78, 5) is 111. The molecule has 0 aromatic heterocycles. The lowest BCUT2D eigenvalue weighted by atomic mass is 10.0. The number of hydroxylamine groups is 2. The number of amides is 4. The number of hydrogen-bond acceptors (Lipinski definition) is 13. The molecule has 6 bridgehead atoms. The minimum absolute atomic E-state index is 0.0344. The number of hydrogen-bond donors (Lipinski definition) is 0. The number of rotatable bonds is 10. The summed E-state index contributed by atoms with van der Waals surface area (Å²) in [6.45, 7) is -1.79. The number of nitroso groups, excluding NO2 is 1. The molecule has 18 heteroatoms. The number of carbonyl (C=O) groups is 6. The number of fused-ring (bicyclic) bond motifs is 14. The fourth-order valence-corrected chi connectivity index (χ4v) is 9.15. The molecular formula is C56H58N8O10. The molecule has 1 fully saturated rings. The van der Waals surface area contributed by atoms with Crippen LogP contribution in [0.25, 0.3) is 0 Å². The Morgan fingerprint density at radius 3 is 1.16 bits per heavy atom. The second-order valence-electron chi connectivity index (χ2n) is 18.3. The van der Waals surface area contributed by atoms with Gasteiger partial charge in [0.1, 0.15) is 5.70 Å². The van der Waals surface area contributed by atoms with Gasteiger partial charge in [-0.05, 0) is 34.4 Å². The van der Waals surface area contributed by atoms with Gasteiger partial charge in [-0.1, -0.05) is 121 Å². The standard InChI is InChI=1S/C56H58N8O10/c1-73-55(69)45-27-47-35-57-37-51(65)59(31-41-15-7-3-8-16-41)23-25-61(33-43-19-11-5-12-20-43)53(67)39-58(36-48-28-46(56(70)74-2)30-50(64(48)72)49(29-45)63(47)71)40-54(68)62(34-44-21-13-6-14-22-44)26-24-60(52(66)38-57)32-42-17-9-4-10-18-42/h3-22,27-30H,23-26,31-40H2,1-2H3. The van der Waals surface area contributed by atoms with Crippen LogP contribution in [-0.2, 0) is 64.4 Å². The zero-order chi connectivity index (χ0) is 52.1. The second kappa shape index (κ2) is 24.4. The van der Waals surface area contributed by atoms with E-state index in [1.54, 1.807) is 19.6 Å². The van der Waals surface area contributed by atoms with Crippen molar-refractivity contribution in [2.24, 2.45) is 0 Å². The molecule has 0 aliphatic carbocycles. The van der Waals surface area contributed by atoms with Gasteiger partial charge >= 0.3 is 11.9 Å². The number of esters is 2. The normalized spacial score (nSPS) is 19.6. The van der Waals surface area contributed by atoms with E-state index in [0.717, 1.165) is 48.6 Å². The third kappa shape index (κ3) is 13.2. The molecule has 1 saturated heterocycles. The van der Waals surface area contributed by atoms with E-state index >= 15 is 19.2 Å². The maximum absolute atomic E-state index is 15.1. The van der Waals surface area contributed by atoms with Crippen molar-refractivity contribution in [3.8, 4) is 0 Å². The summed E-state index contributed by atoms with van der Waals surface area (Å²) in [5.41, 5.74) is 1.95. The highest BCUT2D eigenvalue weighted by Gasteiger charge is 2.38. The fraction of sp³-hybridized carbons (Fsp3) is 0.286. The van der Waals surface area contributed by atoms with Gasteiger partial charge in [0.05, 0.1) is 62.8 Å². The minimum atomic E-state index is -0.857. The summed E-state index contributed by atoms with van der Waals surface area (Å²) in [6, 6.07) is 37.3. The molecule has 9 rings (SSSR count). The van der Waals surface area contributed by atoms with Gasteiger partial charge in [-0.3, -0.25) is 29.0 Å². The number of benzene rings is 4. The average Bonchev–Trinajstić information content (AvgIpc) is 3.41. The van der Waals surface area contributed by atoms with Crippen molar-refractivity contribution in [3.05, 3.63) is 212 Å². The Hall–Kier alpha value is -8.32. The Balaban J connectivity index is 1.33. The summed E-state index contributed by atoms with van der Waals surface area (Å²) >= 11 is 0. The highest BCUT2D eigenvalue weighted by molar-refractivity contribution is 5.94. The lowest BCUT2D eigenvalue weighted by Crippen LogP contribution is -2.51. The molecule has 5 aliphatic heterocycles. The van der Waals surface area contributed by atoms with Gasteiger partial charge in [-0.25, -0.2) is 9.59 Å². The van der Waals surface area contributed by atoms with Crippen LogP contribution in [0.4, 0.5) is 0 Å². The van der Waals surface area contributed by atoms with Crippen LogP contribution < -0.4 is 0 Å². The zero-order valence-corrected chi connectivity index (χ0v) is 41.4. The molecule has 5 aliphatic rings. The van der Waals surface area contributed by atoms with Crippen LogP contribution in [0.2, 0.25) is 0 Å². The molecule has 0 spiro atoms. The first-order valence-corrected chi connectivity index (χ1v) is 24.3. The van der Waals surface area contributed by atoms with E-state index in [9.17, 15) is 19.7 Å². The molecule has 4 aromatic carbocycles.